The van der Waals surface area contributed by atoms with Crippen molar-refractivity contribution in [1.29, 1.82) is 0 Å². The Morgan fingerprint density at radius 2 is 1.90 bits per heavy atom. The highest BCUT2D eigenvalue weighted by atomic mass is 32.2. The lowest BCUT2D eigenvalue weighted by molar-refractivity contribution is -0.118. The molecule has 0 bridgehead atoms. The van der Waals surface area contributed by atoms with Crippen LogP contribution in [0.25, 0.3) is 0 Å². The van der Waals surface area contributed by atoms with E-state index in [2.05, 4.69) is 5.32 Å². The Morgan fingerprint density at radius 3 is 2.48 bits per heavy atom. The first kappa shape index (κ1) is 17.1. The van der Waals surface area contributed by atoms with Gasteiger partial charge in [-0.25, -0.2) is 8.42 Å². The Kier molecular flexibility index (Phi) is 5.86. The number of hydrogen-bond donors (Lipinski definition) is 3. The molecule has 5 N–H and O–H groups in total. The van der Waals surface area contributed by atoms with Gasteiger partial charge in [0.25, 0.3) is 0 Å². The van der Waals surface area contributed by atoms with Crippen molar-refractivity contribution in [3.05, 3.63) is 29.8 Å². The van der Waals surface area contributed by atoms with Crippen molar-refractivity contribution in [2.45, 2.75) is 18.9 Å². The fourth-order valence-electron chi connectivity index (χ4n) is 1.68. The van der Waals surface area contributed by atoms with Gasteiger partial charge < -0.3 is 16.8 Å². The van der Waals surface area contributed by atoms with Gasteiger partial charge in [0.15, 0.2) is 0 Å². The summed E-state index contributed by atoms with van der Waals surface area (Å²) >= 11 is 0. The Labute approximate surface area is 123 Å². The normalized spacial score (nSPS) is 12.7. The van der Waals surface area contributed by atoms with Gasteiger partial charge in [-0.05, 0) is 18.1 Å². The molecule has 7 nitrogen and oxygen atoms in total. The second kappa shape index (κ2) is 7.19. The third-order valence-electron chi connectivity index (χ3n) is 2.78. The Balaban J connectivity index is 2.72. The number of carbonyl (C=O) groups is 2. The quantitative estimate of drug-likeness (QED) is 0.619. The van der Waals surface area contributed by atoms with Gasteiger partial charge in [-0.1, -0.05) is 18.2 Å². The van der Waals surface area contributed by atoms with Crippen LogP contribution in [0.5, 0.6) is 0 Å². The predicted molar refractivity (Wildman–Crippen MR) is 80.3 cm³/mol. The number of sulfone groups is 1. The lowest BCUT2D eigenvalue weighted by Crippen LogP contribution is -2.37. The highest BCUT2D eigenvalue weighted by Crippen LogP contribution is 2.16. The molecule has 2 amide bonds. The minimum Gasteiger partial charge on any atom is -0.369 e. The van der Waals surface area contributed by atoms with E-state index >= 15 is 0 Å². The van der Waals surface area contributed by atoms with Crippen LogP contribution in [0.1, 0.15) is 12.0 Å². The van der Waals surface area contributed by atoms with E-state index in [1.165, 1.54) is 0 Å². The molecular formula is C13H19N3O4S. The maximum atomic E-state index is 11.9. The van der Waals surface area contributed by atoms with Crippen molar-refractivity contribution in [2.75, 3.05) is 17.3 Å². The molecule has 1 rings (SSSR count). The van der Waals surface area contributed by atoms with Crippen LogP contribution in [-0.4, -0.2) is 38.3 Å². The number of nitrogens with one attached hydrogen (secondary N) is 1. The lowest BCUT2D eigenvalue weighted by Gasteiger charge is -2.14. The standard InChI is InChI=1S/C13H19N3O4S/c1-21(19,20)7-6-10(14)13(18)16-11-5-3-2-4-9(11)8-12(15)17/h2-5,10H,6-8,14H2,1H3,(H2,15,17)(H,16,18). The molecule has 8 heteroatoms. The summed E-state index contributed by atoms with van der Waals surface area (Å²) in [7, 11) is -3.17. The van der Waals surface area contributed by atoms with E-state index in [9.17, 15) is 18.0 Å². The summed E-state index contributed by atoms with van der Waals surface area (Å²) in [6, 6.07) is 5.77. The first-order valence-corrected chi connectivity index (χ1v) is 8.35. The number of amides is 2. The van der Waals surface area contributed by atoms with E-state index in [0.717, 1.165) is 6.26 Å². The fraction of sp³-hybridized carbons (Fsp3) is 0.385. The minimum absolute atomic E-state index is 0.00493. The number of primary amides is 1. The Morgan fingerprint density at radius 1 is 1.29 bits per heavy atom. The van der Waals surface area contributed by atoms with Gasteiger partial charge in [-0.15, -0.1) is 0 Å². The molecule has 0 saturated carbocycles. The van der Waals surface area contributed by atoms with Crippen LogP contribution in [-0.2, 0) is 25.8 Å². The lowest BCUT2D eigenvalue weighted by atomic mass is 10.1. The van der Waals surface area contributed by atoms with Crippen molar-refractivity contribution in [3.63, 3.8) is 0 Å². The first-order valence-electron chi connectivity index (χ1n) is 6.29. The van der Waals surface area contributed by atoms with Crippen LogP contribution < -0.4 is 16.8 Å². The molecule has 0 heterocycles. The van der Waals surface area contributed by atoms with Crippen LogP contribution in [0.15, 0.2) is 24.3 Å². The summed E-state index contributed by atoms with van der Waals surface area (Å²) in [6.45, 7) is 0. The van der Waals surface area contributed by atoms with Crippen LogP contribution >= 0.6 is 0 Å². The van der Waals surface area contributed by atoms with Gasteiger partial charge in [0, 0.05) is 11.9 Å². The molecule has 0 spiro atoms. The van der Waals surface area contributed by atoms with Crippen molar-refractivity contribution in [1.82, 2.24) is 0 Å². The fourth-order valence-corrected chi connectivity index (χ4v) is 2.36. The second-order valence-corrected chi connectivity index (χ2v) is 7.07. The summed E-state index contributed by atoms with van der Waals surface area (Å²) < 4.78 is 22.1. The molecule has 0 fully saturated rings. The van der Waals surface area contributed by atoms with Crippen LogP contribution in [0.2, 0.25) is 0 Å². The van der Waals surface area contributed by atoms with Gasteiger partial charge in [0.05, 0.1) is 18.2 Å². The highest BCUT2D eigenvalue weighted by Gasteiger charge is 2.17. The van der Waals surface area contributed by atoms with Crippen molar-refractivity contribution in [3.8, 4) is 0 Å². The van der Waals surface area contributed by atoms with Crippen molar-refractivity contribution in [2.24, 2.45) is 11.5 Å². The molecule has 21 heavy (non-hydrogen) atoms. The molecular weight excluding hydrogens is 294 g/mol. The van der Waals surface area contributed by atoms with Crippen molar-refractivity contribution >= 4 is 27.3 Å². The molecule has 0 aromatic heterocycles. The average Bonchev–Trinajstić information content (AvgIpc) is 2.36. The van der Waals surface area contributed by atoms with E-state index < -0.39 is 27.7 Å². The molecule has 0 aliphatic rings. The number of anilines is 1. The van der Waals surface area contributed by atoms with E-state index in [-0.39, 0.29) is 18.6 Å². The number of carbonyl (C=O) groups excluding carboxylic acids is 2. The number of benzene rings is 1. The SMILES string of the molecule is CS(=O)(=O)CCC(N)C(=O)Nc1ccccc1CC(N)=O. The van der Waals surface area contributed by atoms with E-state index in [4.69, 9.17) is 11.5 Å². The monoisotopic (exact) mass is 313 g/mol. The molecule has 1 aromatic carbocycles. The average molecular weight is 313 g/mol. The highest BCUT2D eigenvalue weighted by molar-refractivity contribution is 7.90. The maximum Gasteiger partial charge on any atom is 0.241 e. The molecule has 1 aromatic rings. The summed E-state index contributed by atoms with van der Waals surface area (Å²) in [6.07, 6.45) is 1.11. The zero-order valence-electron chi connectivity index (χ0n) is 11.7. The first-order chi connectivity index (χ1) is 9.69. The van der Waals surface area contributed by atoms with E-state index in [0.29, 0.717) is 11.3 Å². The van der Waals surface area contributed by atoms with Gasteiger partial charge in [0.1, 0.15) is 9.84 Å². The maximum absolute atomic E-state index is 11.9. The van der Waals surface area contributed by atoms with E-state index in [1.807, 2.05) is 0 Å². The summed E-state index contributed by atoms with van der Waals surface area (Å²) in [5.41, 5.74) is 11.8. The Bertz CT molecular complexity index is 628. The second-order valence-electron chi connectivity index (χ2n) is 4.81. The third-order valence-corrected chi connectivity index (χ3v) is 3.75. The number of rotatable bonds is 7. The van der Waals surface area contributed by atoms with Crippen LogP contribution in [0.4, 0.5) is 5.69 Å². The van der Waals surface area contributed by atoms with Crippen LogP contribution in [0.3, 0.4) is 0 Å². The predicted octanol–water partition coefficient (Wildman–Crippen LogP) is -0.585. The van der Waals surface area contributed by atoms with Gasteiger partial charge in [-0.2, -0.15) is 0 Å². The summed E-state index contributed by atoms with van der Waals surface area (Å²) in [5, 5.41) is 2.59. The molecule has 0 aliphatic carbocycles. The van der Waals surface area contributed by atoms with Gasteiger partial charge in [-0.3, -0.25) is 9.59 Å². The zero-order valence-corrected chi connectivity index (χ0v) is 12.5. The zero-order chi connectivity index (χ0) is 16.0. The van der Waals surface area contributed by atoms with Gasteiger partial charge in [0.2, 0.25) is 11.8 Å². The largest absolute Gasteiger partial charge is 0.369 e. The molecule has 1 unspecified atom stereocenters. The van der Waals surface area contributed by atoms with Crippen LogP contribution in [0, 0.1) is 0 Å². The van der Waals surface area contributed by atoms with Crippen molar-refractivity contribution < 1.29 is 18.0 Å². The molecule has 116 valence electrons. The Hall–Kier alpha value is -1.93. The molecule has 0 aliphatic heterocycles. The summed E-state index contributed by atoms with van der Waals surface area (Å²) in [4.78, 5) is 22.9. The number of para-hydroxylation sites is 1. The molecule has 1 atom stereocenters. The molecule has 0 radical (unpaired) electrons. The minimum atomic E-state index is -3.17. The van der Waals surface area contributed by atoms with Gasteiger partial charge >= 0.3 is 0 Å². The summed E-state index contributed by atoms with van der Waals surface area (Å²) in [5.74, 6) is -1.18. The van der Waals surface area contributed by atoms with E-state index in [1.54, 1.807) is 24.3 Å². The third kappa shape index (κ3) is 6.37. The number of nitrogens with two attached hydrogens (primary N) is 2. The smallest absolute Gasteiger partial charge is 0.241 e. The topological polar surface area (TPSA) is 132 Å². The molecule has 0 saturated heterocycles. The number of hydrogen-bond acceptors (Lipinski definition) is 5.